The van der Waals surface area contributed by atoms with Gasteiger partial charge in [-0.15, -0.1) is 11.8 Å². The van der Waals surface area contributed by atoms with Gasteiger partial charge in [-0.1, -0.05) is 0 Å². The molecule has 0 atom stereocenters. The molecule has 1 N–H and O–H groups in total. The molecule has 1 heterocycles. The number of hydrogen-bond donors (Lipinski definition) is 1. The molecule has 0 saturated carbocycles. The summed E-state index contributed by atoms with van der Waals surface area (Å²) in [5.74, 6) is 1.05. The number of rotatable bonds is 7. The van der Waals surface area contributed by atoms with Crippen LogP contribution in [0.25, 0.3) is 11.0 Å². The maximum atomic E-state index is 12.1. The minimum absolute atomic E-state index is 0.113. The van der Waals surface area contributed by atoms with Gasteiger partial charge in [0.2, 0.25) is 5.52 Å². The van der Waals surface area contributed by atoms with Crippen molar-refractivity contribution in [1.82, 2.24) is 15.6 Å². The summed E-state index contributed by atoms with van der Waals surface area (Å²) in [5, 5.41) is 21.1. The normalized spacial score (nSPS) is 10.7. The van der Waals surface area contributed by atoms with E-state index >= 15 is 0 Å². The number of carbonyl (C=O) groups excluding carboxylic acids is 1. The lowest BCUT2D eigenvalue weighted by molar-refractivity contribution is -0.383. The van der Waals surface area contributed by atoms with Crippen molar-refractivity contribution in [2.45, 2.75) is 4.90 Å². The highest BCUT2D eigenvalue weighted by atomic mass is 32.2. The van der Waals surface area contributed by atoms with E-state index in [0.29, 0.717) is 34.0 Å². The zero-order chi connectivity index (χ0) is 18.5. The van der Waals surface area contributed by atoms with E-state index in [4.69, 9.17) is 4.74 Å². The topological polar surface area (TPSA) is 120 Å². The van der Waals surface area contributed by atoms with E-state index in [1.165, 1.54) is 17.8 Å². The molecule has 0 spiro atoms. The SMILES string of the molecule is COc1ccc(C(=O)NCCSc2ccc([N+](=O)[O-])c3nonc23)cc1. The number of ether oxygens (including phenoxy) is 1. The first-order chi connectivity index (χ1) is 12.6. The van der Waals surface area contributed by atoms with Crippen molar-refractivity contribution in [3.05, 3.63) is 52.1 Å². The third-order valence-corrected chi connectivity index (χ3v) is 4.60. The number of nitrogens with zero attached hydrogens (tertiary/aromatic N) is 3. The Morgan fingerprint density at radius 1 is 1.23 bits per heavy atom. The maximum absolute atomic E-state index is 12.1. The molecule has 0 aliphatic rings. The van der Waals surface area contributed by atoms with E-state index < -0.39 is 4.92 Å². The summed E-state index contributed by atoms with van der Waals surface area (Å²) in [6.07, 6.45) is 0. The Morgan fingerprint density at radius 2 is 1.96 bits per heavy atom. The van der Waals surface area contributed by atoms with E-state index in [-0.39, 0.29) is 17.1 Å². The summed E-state index contributed by atoms with van der Waals surface area (Å²) in [5.41, 5.74) is 0.834. The lowest BCUT2D eigenvalue weighted by atomic mass is 10.2. The molecule has 0 bridgehead atoms. The number of fused-ring (bicyclic) bond motifs is 1. The Balaban J connectivity index is 1.57. The van der Waals surface area contributed by atoms with E-state index in [9.17, 15) is 14.9 Å². The molecule has 1 amide bonds. The predicted molar refractivity (Wildman–Crippen MR) is 94.5 cm³/mol. The van der Waals surface area contributed by atoms with Gasteiger partial charge in [0.05, 0.1) is 12.0 Å². The second-order valence-electron chi connectivity index (χ2n) is 5.13. The summed E-state index contributed by atoms with van der Waals surface area (Å²) < 4.78 is 9.67. The van der Waals surface area contributed by atoms with Crippen molar-refractivity contribution in [3.63, 3.8) is 0 Å². The van der Waals surface area contributed by atoms with Crippen LogP contribution in [0.5, 0.6) is 5.75 Å². The fourth-order valence-corrected chi connectivity index (χ4v) is 3.12. The van der Waals surface area contributed by atoms with Crippen LogP contribution in [0.15, 0.2) is 45.9 Å². The highest BCUT2D eigenvalue weighted by Crippen LogP contribution is 2.31. The summed E-state index contributed by atoms with van der Waals surface area (Å²) in [4.78, 5) is 23.2. The van der Waals surface area contributed by atoms with Crippen molar-refractivity contribution >= 4 is 34.4 Å². The molecule has 0 radical (unpaired) electrons. The van der Waals surface area contributed by atoms with Gasteiger partial charge in [0, 0.05) is 28.8 Å². The van der Waals surface area contributed by atoms with Gasteiger partial charge in [-0.25, -0.2) is 4.63 Å². The van der Waals surface area contributed by atoms with Gasteiger partial charge in [0.25, 0.3) is 5.91 Å². The predicted octanol–water partition coefficient (Wildman–Crippen LogP) is 2.66. The van der Waals surface area contributed by atoms with Crippen molar-refractivity contribution in [2.24, 2.45) is 0 Å². The zero-order valence-electron chi connectivity index (χ0n) is 13.7. The minimum atomic E-state index is -0.532. The van der Waals surface area contributed by atoms with Crippen LogP contribution in [0.2, 0.25) is 0 Å². The number of methoxy groups -OCH3 is 1. The average Bonchev–Trinajstić information content (AvgIpc) is 3.14. The molecule has 0 aliphatic carbocycles. The Morgan fingerprint density at radius 3 is 2.65 bits per heavy atom. The maximum Gasteiger partial charge on any atom is 0.300 e. The smallest absolute Gasteiger partial charge is 0.300 e. The van der Waals surface area contributed by atoms with Crippen LogP contribution in [0.4, 0.5) is 5.69 Å². The molecular weight excluding hydrogens is 360 g/mol. The number of amides is 1. The molecule has 2 aromatic carbocycles. The fourth-order valence-electron chi connectivity index (χ4n) is 2.26. The minimum Gasteiger partial charge on any atom is -0.497 e. The first kappa shape index (κ1) is 17.7. The number of nitro groups is 1. The number of non-ortho nitro benzene ring substituents is 1. The van der Waals surface area contributed by atoms with E-state index in [2.05, 4.69) is 20.3 Å². The Labute approximate surface area is 151 Å². The molecule has 10 heteroatoms. The van der Waals surface area contributed by atoms with Crippen molar-refractivity contribution in [3.8, 4) is 5.75 Å². The molecule has 0 aliphatic heterocycles. The molecule has 1 aromatic heterocycles. The first-order valence-corrected chi connectivity index (χ1v) is 8.53. The Hall–Kier alpha value is -3.14. The summed E-state index contributed by atoms with van der Waals surface area (Å²) >= 11 is 1.40. The van der Waals surface area contributed by atoms with E-state index in [0.717, 1.165) is 0 Å². The molecule has 9 nitrogen and oxygen atoms in total. The number of hydrogen-bond acceptors (Lipinski definition) is 8. The van der Waals surface area contributed by atoms with Crippen LogP contribution in [0.3, 0.4) is 0 Å². The Kier molecular flexibility index (Phi) is 5.32. The van der Waals surface area contributed by atoms with Crippen molar-refractivity contribution in [2.75, 3.05) is 19.4 Å². The van der Waals surface area contributed by atoms with E-state index in [1.807, 2.05) is 0 Å². The monoisotopic (exact) mass is 374 g/mol. The molecule has 3 aromatic rings. The molecule has 0 unspecified atom stereocenters. The van der Waals surface area contributed by atoms with Crippen LogP contribution in [0, 0.1) is 10.1 Å². The fraction of sp³-hybridized carbons (Fsp3) is 0.188. The summed E-state index contributed by atoms with van der Waals surface area (Å²) in [7, 11) is 1.56. The third kappa shape index (κ3) is 3.75. The number of carbonyl (C=O) groups is 1. The number of aromatic nitrogens is 2. The number of thioether (sulfide) groups is 1. The summed E-state index contributed by atoms with van der Waals surface area (Å²) in [6.45, 7) is 0.416. The van der Waals surface area contributed by atoms with Crippen molar-refractivity contribution < 1.29 is 19.1 Å². The second kappa shape index (κ2) is 7.83. The number of nitrogens with one attached hydrogen (secondary N) is 1. The second-order valence-corrected chi connectivity index (χ2v) is 6.27. The molecule has 3 rings (SSSR count). The first-order valence-electron chi connectivity index (χ1n) is 7.55. The van der Waals surface area contributed by atoms with Gasteiger partial charge in [0.1, 0.15) is 5.75 Å². The van der Waals surface area contributed by atoms with E-state index in [1.54, 1.807) is 37.4 Å². The van der Waals surface area contributed by atoms with Gasteiger partial charge in [-0.05, 0) is 40.6 Å². The third-order valence-electron chi connectivity index (χ3n) is 3.55. The zero-order valence-corrected chi connectivity index (χ0v) is 14.5. The highest BCUT2D eigenvalue weighted by Gasteiger charge is 2.19. The quantitative estimate of drug-likeness (QED) is 0.290. The average molecular weight is 374 g/mol. The van der Waals surface area contributed by atoms with Gasteiger partial charge in [0.15, 0.2) is 5.52 Å². The molecule has 0 fully saturated rings. The van der Waals surface area contributed by atoms with Crippen molar-refractivity contribution in [1.29, 1.82) is 0 Å². The van der Waals surface area contributed by atoms with Crippen LogP contribution in [0.1, 0.15) is 10.4 Å². The molecule has 134 valence electrons. The lowest BCUT2D eigenvalue weighted by Gasteiger charge is -2.06. The van der Waals surface area contributed by atoms with Gasteiger partial charge in [-0.3, -0.25) is 14.9 Å². The van der Waals surface area contributed by atoms with Gasteiger partial charge >= 0.3 is 5.69 Å². The highest BCUT2D eigenvalue weighted by molar-refractivity contribution is 7.99. The number of nitro benzene ring substituents is 1. The molecular formula is C16H14N4O5S. The van der Waals surface area contributed by atoms with Crippen LogP contribution >= 0.6 is 11.8 Å². The van der Waals surface area contributed by atoms with Gasteiger partial charge < -0.3 is 10.1 Å². The number of benzene rings is 2. The lowest BCUT2D eigenvalue weighted by Crippen LogP contribution is -2.25. The standard InChI is InChI=1S/C16H14N4O5S/c1-24-11-4-2-10(3-5-11)16(21)17-8-9-26-13-7-6-12(20(22)23)14-15(13)19-25-18-14/h2-7H,8-9H2,1H3,(H,17,21). The Bertz CT molecular complexity index is 941. The summed E-state index contributed by atoms with van der Waals surface area (Å²) in [6, 6.07) is 9.76. The van der Waals surface area contributed by atoms with Crippen LogP contribution in [-0.2, 0) is 0 Å². The van der Waals surface area contributed by atoms with Crippen LogP contribution in [-0.4, -0.2) is 40.6 Å². The largest absolute Gasteiger partial charge is 0.497 e. The van der Waals surface area contributed by atoms with Gasteiger partial charge in [-0.2, -0.15) is 0 Å². The van der Waals surface area contributed by atoms with Crippen LogP contribution < -0.4 is 10.1 Å². The molecule has 0 saturated heterocycles. The molecule has 26 heavy (non-hydrogen) atoms.